The van der Waals surface area contributed by atoms with Gasteiger partial charge in [0.25, 0.3) is 5.91 Å². The van der Waals surface area contributed by atoms with Crippen molar-refractivity contribution in [2.45, 2.75) is 38.8 Å². The summed E-state index contributed by atoms with van der Waals surface area (Å²) in [6.07, 6.45) is -0.314. The van der Waals surface area contributed by atoms with Gasteiger partial charge in [0.2, 0.25) is 10.0 Å². The average molecular weight is 536 g/mol. The van der Waals surface area contributed by atoms with E-state index in [1.807, 2.05) is 28.8 Å². The molecule has 14 heteroatoms. The second-order valence-electron chi connectivity index (χ2n) is 8.32. The molecule has 1 amide bonds. The highest BCUT2D eigenvalue weighted by Crippen LogP contribution is 2.29. The van der Waals surface area contributed by atoms with E-state index in [4.69, 9.17) is 9.90 Å². The number of likely N-dealkylation sites (N-methyl/N-ethyl adjacent to an activating group) is 1. The van der Waals surface area contributed by atoms with Crippen LogP contribution in [0.25, 0.3) is 5.52 Å². The van der Waals surface area contributed by atoms with E-state index in [9.17, 15) is 26.4 Å². The minimum atomic E-state index is -5.08. The number of aliphatic carboxylic acids is 1. The Balaban J connectivity index is 0.000000572. The van der Waals surface area contributed by atoms with Crippen LogP contribution in [0.2, 0.25) is 0 Å². The van der Waals surface area contributed by atoms with Gasteiger partial charge in [0, 0.05) is 38.3 Å². The summed E-state index contributed by atoms with van der Waals surface area (Å²) in [5.74, 6) is -2.23. The number of piperidine rings is 1. The van der Waals surface area contributed by atoms with Gasteiger partial charge in [-0.3, -0.25) is 4.79 Å². The minimum Gasteiger partial charge on any atom is -0.475 e. The quantitative estimate of drug-likeness (QED) is 0.531. The van der Waals surface area contributed by atoms with Gasteiger partial charge in [0.05, 0.1) is 11.8 Å². The molecule has 36 heavy (non-hydrogen) atoms. The number of carboxylic acids is 1. The molecule has 0 saturated carbocycles. The van der Waals surface area contributed by atoms with E-state index in [1.54, 1.807) is 0 Å². The van der Waals surface area contributed by atoms with E-state index in [0.29, 0.717) is 25.3 Å². The lowest BCUT2D eigenvalue weighted by molar-refractivity contribution is -0.192. The fourth-order valence-electron chi connectivity index (χ4n) is 3.92. The van der Waals surface area contributed by atoms with Crippen LogP contribution in [0, 0.1) is 0 Å². The van der Waals surface area contributed by atoms with Crippen molar-refractivity contribution in [3.8, 4) is 0 Å². The minimum absolute atomic E-state index is 0.0365. The third-order valence-electron chi connectivity index (χ3n) is 5.86. The van der Waals surface area contributed by atoms with Gasteiger partial charge in [-0.15, -0.1) is 0 Å². The number of fused-ring (bicyclic) bond motifs is 1. The zero-order chi connectivity index (χ0) is 27.1. The standard InChI is InChI=1S/C20H31N5O3S.C2HF3O2/c1-4-23(5-2)14-11-21-20(26)18-17-10-6-7-13-25(17)19(22-18)16-9-8-12-24(15-16)29(3,27)28;3-2(4,5)1(6)7/h6-7,10,13,16H,4-5,8-9,11-12,14-15H2,1-3H3,(H,21,26);(H,6,7). The van der Waals surface area contributed by atoms with Crippen LogP contribution in [0.15, 0.2) is 24.4 Å². The number of carboxylic acid groups (broad SMARTS) is 1. The Labute approximate surface area is 208 Å². The van der Waals surface area contributed by atoms with Crippen molar-refractivity contribution in [2.75, 3.05) is 45.5 Å². The van der Waals surface area contributed by atoms with Crippen molar-refractivity contribution in [1.29, 1.82) is 0 Å². The molecule has 3 rings (SSSR count). The first-order chi connectivity index (χ1) is 16.8. The molecule has 0 aliphatic carbocycles. The van der Waals surface area contributed by atoms with Crippen LogP contribution in [0.3, 0.4) is 0 Å². The normalized spacial score (nSPS) is 17.0. The largest absolute Gasteiger partial charge is 0.490 e. The Kier molecular flexibility index (Phi) is 10.3. The Hall–Kier alpha value is -2.71. The molecular formula is C22H32F3N5O5S. The lowest BCUT2D eigenvalue weighted by Gasteiger charge is -2.30. The highest BCUT2D eigenvalue weighted by atomic mass is 32.2. The maximum atomic E-state index is 12.8. The van der Waals surface area contributed by atoms with E-state index < -0.39 is 22.2 Å². The predicted molar refractivity (Wildman–Crippen MR) is 127 cm³/mol. The molecule has 0 aromatic carbocycles. The number of sulfonamides is 1. The number of hydrogen-bond donors (Lipinski definition) is 2. The van der Waals surface area contributed by atoms with E-state index in [0.717, 1.165) is 43.8 Å². The number of nitrogens with zero attached hydrogens (tertiary/aromatic N) is 4. The topological polar surface area (TPSA) is 124 Å². The number of carbonyl (C=O) groups excluding carboxylic acids is 1. The zero-order valence-electron chi connectivity index (χ0n) is 20.5. The molecule has 2 aromatic heterocycles. The predicted octanol–water partition coefficient (Wildman–Crippen LogP) is 2.18. The summed E-state index contributed by atoms with van der Waals surface area (Å²) in [6, 6.07) is 5.67. The molecule has 1 aliphatic rings. The third kappa shape index (κ3) is 7.90. The van der Waals surface area contributed by atoms with Gasteiger partial charge in [-0.1, -0.05) is 19.9 Å². The summed E-state index contributed by atoms with van der Waals surface area (Å²) in [4.78, 5) is 28.7. The van der Waals surface area contributed by atoms with Gasteiger partial charge < -0.3 is 19.7 Å². The van der Waals surface area contributed by atoms with Crippen molar-refractivity contribution in [3.63, 3.8) is 0 Å². The number of imidazole rings is 1. The van der Waals surface area contributed by atoms with Crippen LogP contribution in [0.5, 0.6) is 0 Å². The molecule has 202 valence electrons. The number of amides is 1. The molecule has 0 spiro atoms. The summed E-state index contributed by atoms with van der Waals surface area (Å²) in [5, 5.41) is 10.1. The van der Waals surface area contributed by atoms with Crippen LogP contribution < -0.4 is 5.32 Å². The number of carbonyl (C=O) groups is 2. The first-order valence-electron chi connectivity index (χ1n) is 11.5. The van der Waals surface area contributed by atoms with Crippen molar-refractivity contribution in [3.05, 3.63) is 35.9 Å². The molecule has 1 atom stereocenters. The molecule has 3 heterocycles. The molecule has 2 aromatic rings. The molecule has 0 radical (unpaired) electrons. The average Bonchev–Trinajstić information content (AvgIpc) is 3.21. The fraction of sp³-hybridized carbons (Fsp3) is 0.591. The molecule has 10 nitrogen and oxygen atoms in total. The molecule has 2 N–H and O–H groups in total. The van der Waals surface area contributed by atoms with E-state index >= 15 is 0 Å². The number of hydrogen-bond acceptors (Lipinski definition) is 6. The van der Waals surface area contributed by atoms with Crippen LogP contribution in [0.1, 0.15) is 48.9 Å². The molecule has 1 unspecified atom stereocenters. The number of rotatable bonds is 8. The maximum absolute atomic E-state index is 12.8. The molecule has 1 fully saturated rings. The summed E-state index contributed by atoms with van der Waals surface area (Å²) in [5.41, 5.74) is 1.15. The number of nitrogens with one attached hydrogen (secondary N) is 1. The van der Waals surface area contributed by atoms with Gasteiger partial charge in [-0.25, -0.2) is 22.5 Å². The number of pyridine rings is 1. The number of halogens is 3. The van der Waals surface area contributed by atoms with E-state index in [2.05, 4.69) is 29.0 Å². The second-order valence-corrected chi connectivity index (χ2v) is 10.3. The zero-order valence-corrected chi connectivity index (χ0v) is 21.3. The SMILES string of the molecule is CCN(CC)CCNC(=O)c1nc(C2CCCN(S(C)(=O)=O)C2)n2ccccc12.O=C(O)C(F)(F)F. The highest BCUT2D eigenvalue weighted by molar-refractivity contribution is 7.88. The summed E-state index contributed by atoms with van der Waals surface area (Å²) >= 11 is 0. The van der Waals surface area contributed by atoms with Crippen molar-refractivity contribution >= 4 is 27.4 Å². The van der Waals surface area contributed by atoms with Crippen LogP contribution in [-0.2, 0) is 14.8 Å². The third-order valence-corrected chi connectivity index (χ3v) is 7.13. The highest BCUT2D eigenvalue weighted by Gasteiger charge is 2.38. The smallest absolute Gasteiger partial charge is 0.475 e. The second kappa shape index (κ2) is 12.5. The summed E-state index contributed by atoms with van der Waals surface area (Å²) in [7, 11) is -3.24. The van der Waals surface area contributed by atoms with Gasteiger partial charge in [-0.05, 0) is 38.1 Å². The van der Waals surface area contributed by atoms with Gasteiger partial charge in [0.1, 0.15) is 5.82 Å². The molecular weight excluding hydrogens is 503 g/mol. The van der Waals surface area contributed by atoms with Gasteiger partial charge in [0.15, 0.2) is 5.69 Å². The molecule has 1 aliphatic heterocycles. The Morgan fingerprint density at radius 3 is 2.44 bits per heavy atom. The lowest BCUT2D eigenvalue weighted by Crippen LogP contribution is -2.38. The van der Waals surface area contributed by atoms with E-state index in [-0.39, 0.29) is 11.8 Å². The van der Waals surface area contributed by atoms with Crippen molar-refractivity contribution < 1.29 is 36.3 Å². The summed E-state index contributed by atoms with van der Waals surface area (Å²) < 4.78 is 59.2. The first-order valence-corrected chi connectivity index (χ1v) is 13.4. The Morgan fingerprint density at radius 2 is 1.89 bits per heavy atom. The lowest BCUT2D eigenvalue weighted by atomic mass is 9.99. The van der Waals surface area contributed by atoms with Crippen LogP contribution in [0.4, 0.5) is 13.2 Å². The Bertz CT molecular complexity index is 1150. The summed E-state index contributed by atoms with van der Waals surface area (Å²) in [6.45, 7) is 8.39. The van der Waals surface area contributed by atoms with Crippen molar-refractivity contribution in [2.24, 2.45) is 0 Å². The number of aromatic nitrogens is 2. The maximum Gasteiger partial charge on any atom is 0.490 e. The molecule has 0 bridgehead atoms. The first kappa shape index (κ1) is 29.5. The van der Waals surface area contributed by atoms with Crippen LogP contribution in [-0.4, -0.2) is 95.7 Å². The van der Waals surface area contributed by atoms with Crippen molar-refractivity contribution in [1.82, 2.24) is 23.9 Å². The van der Waals surface area contributed by atoms with E-state index in [1.165, 1.54) is 10.6 Å². The van der Waals surface area contributed by atoms with Gasteiger partial charge in [-0.2, -0.15) is 13.2 Å². The van der Waals surface area contributed by atoms with Gasteiger partial charge >= 0.3 is 12.1 Å². The fourth-order valence-corrected chi connectivity index (χ4v) is 4.83. The molecule has 1 saturated heterocycles. The van der Waals surface area contributed by atoms with Crippen LogP contribution >= 0.6 is 0 Å². The monoisotopic (exact) mass is 535 g/mol. The number of alkyl halides is 3. The Morgan fingerprint density at radius 1 is 1.25 bits per heavy atom.